The Kier molecular flexibility index (Phi) is 3.52. The zero-order valence-electron chi connectivity index (χ0n) is 8.71. The van der Waals surface area contributed by atoms with Crippen LogP contribution in [0.2, 0.25) is 10.3 Å². The summed E-state index contributed by atoms with van der Waals surface area (Å²) in [6.45, 7) is 0. The Bertz CT molecular complexity index is 380. The van der Waals surface area contributed by atoms with E-state index in [0.717, 1.165) is 19.3 Å². The van der Waals surface area contributed by atoms with Crippen LogP contribution in [0.25, 0.3) is 0 Å². The van der Waals surface area contributed by atoms with Gasteiger partial charge in [0.2, 0.25) is 5.28 Å². The quantitative estimate of drug-likeness (QED) is 0.635. The van der Waals surface area contributed by atoms with Gasteiger partial charge in [0, 0.05) is 0 Å². The molecule has 0 spiro atoms. The molecule has 0 aromatic carbocycles. The molecule has 1 aromatic heterocycles. The van der Waals surface area contributed by atoms with Gasteiger partial charge in [0.15, 0.2) is 5.82 Å². The summed E-state index contributed by atoms with van der Waals surface area (Å²) in [5.74, 6) is 0.395. The largest absolute Gasteiger partial charge is 0.371 e. The summed E-state index contributed by atoms with van der Waals surface area (Å²) >= 11 is 11.6. The maximum absolute atomic E-state index is 10.3. The van der Waals surface area contributed by atoms with E-state index in [1.54, 1.807) is 0 Å². The molecule has 0 saturated heterocycles. The SMILES string of the molecule is OC1(Nc2nc(Cl)ncc2Cl)CCCCC1. The van der Waals surface area contributed by atoms with Crippen LogP contribution in [0.4, 0.5) is 5.82 Å². The summed E-state index contributed by atoms with van der Waals surface area (Å²) in [7, 11) is 0. The number of nitrogens with one attached hydrogen (secondary N) is 1. The first-order chi connectivity index (χ1) is 7.59. The van der Waals surface area contributed by atoms with E-state index in [0.29, 0.717) is 23.7 Å². The van der Waals surface area contributed by atoms with Crippen molar-refractivity contribution in [3.05, 3.63) is 16.5 Å². The first-order valence-electron chi connectivity index (χ1n) is 5.28. The van der Waals surface area contributed by atoms with Crippen molar-refractivity contribution in [2.45, 2.75) is 37.8 Å². The van der Waals surface area contributed by atoms with Gasteiger partial charge in [-0.1, -0.05) is 18.0 Å². The molecule has 1 fully saturated rings. The molecule has 88 valence electrons. The molecule has 0 atom stereocenters. The lowest BCUT2D eigenvalue weighted by molar-refractivity contribution is 0.0313. The maximum Gasteiger partial charge on any atom is 0.224 e. The normalized spacial score (nSPS) is 19.4. The molecule has 4 nitrogen and oxygen atoms in total. The summed E-state index contributed by atoms with van der Waals surface area (Å²) in [6, 6.07) is 0. The average Bonchev–Trinajstić information content (AvgIpc) is 2.24. The lowest BCUT2D eigenvalue weighted by Crippen LogP contribution is -2.40. The second kappa shape index (κ2) is 4.73. The lowest BCUT2D eigenvalue weighted by atomic mass is 9.92. The van der Waals surface area contributed by atoms with Crippen LogP contribution in [0, 0.1) is 0 Å². The van der Waals surface area contributed by atoms with Gasteiger partial charge in [-0.25, -0.2) is 4.98 Å². The number of aromatic nitrogens is 2. The van der Waals surface area contributed by atoms with Crippen molar-refractivity contribution in [2.24, 2.45) is 0 Å². The van der Waals surface area contributed by atoms with Gasteiger partial charge in [-0.05, 0) is 37.3 Å². The zero-order valence-corrected chi connectivity index (χ0v) is 10.2. The minimum Gasteiger partial charge on any atom is -0.371 e. The fourth-order valence-electron chi connectivity index (χ4n) is 1.92. The van der Waals surface area contributed by atoms with Gasteiger partial charge in [-0.15, -0.1) is 0 Å². The molecule has 0 aliphatic heterocycles. The molecular formula is C10H13Cl2N3O. The molecule has 1 aromatic rings. The van der Waals surface area contributed by atoms with Crippen molar-refractivity contribution < 1.29 is 5.11 Å². The molecule has 1 saturated carbocycles. The molecule has 6 heteroatoms. The van der Waals surface area contributed by atoms with Crippen LogP contribution in [0.3, 0.4) is 0 Å². The van der Waals surface area contributed by atoms with Crippen molar-refractivity contribution in [1.29, 1.82) is 0 Å². The molecule has 0 unspecified atom stereocenters. The molecule has 1 aliphatic carbocycles. The van der Waals surface area contributed by atoms with Gasteiger partial charge in [0.1, 0.15) is 10.7 Å². The Morgan fingerprint density at radius 2 is 1.94 bits per heavy atom. The Morgan fingerprint density at radius 3 is 2.62 bits per heavy atom. The Morgan fingerprint density at radius 1 is 1.25 bits per heavy atom. The van der Waals surface area contributed by atoms with Gasteiger partial charge in [-0.2, -0.15) is 4.98 Å². The maximum atomic E-state index is 10.3. The molecule has 16 heavy (non-hydrogen) atoms. The molecule has 2 N–H and O–H groups in total. The Labute approximate surface area is 104 Å². The third kappa shape index (κ3) is 2.75. The van der Waals surface area contributed by atoms with E-state index in [4.69, 9.17) is 23.2 Å². The minimum absolute atomic E-state index is 0.117. The standard InChI is InChI=1S/C10H13Cl2N3O/c11-7-6-13-9(12)14-8(7)15-10(16)4-2-1-3-5-10/h6,16H,1-5H2,(H,13,14,15). The molecular weight excluding hydrogens is 249 g/mol. The van der Waals surface area contributed by atoms with Gasteiger partial charge in [0.25, 0.3) is 0 Å². The van der Waals surface area contributed by atoms with Gasteiger partial charge in [0.05, 0.1) is 6.20 Å². The van der Waals surface area contributed by atoms with Gasteiger partial charge in [-0.3, -0.25) is 0 Å². The van der Waals surface area contributed by atoms with E-state index in [1.807, 2.05) is 0 Å². The van der Waals surface area contributed by atoms with Crippen molar-refractivity contribution in [3.8, 4) is 0 Å². The lowest BCUT2D eigenvalue weighted by Gasteiger charge is -2.33. The smallest absolute Gasteiger partial charge is 0.224 e. The van der Waals surface area contributed by atoms with Crippen LogP contribution in [-0.2, 0) is 0 Å². The minimum atomic E-state index is -0.917. The predicted molar refractivity (Wildman–Crippen MR) is 63.7 cm³/mol. The monoisotopic (exact) mass is 261 g/mol. The first-order valence-corrected chi connectivity index (χ1v) is 6.03. The number of anilines is 1. The predicted octanol–water partition coefficient (Wildman–Crippen LogP) is 2.85. The highest BCUT2D eigenvalue weighted by Gasteiger charge is 2.29. The van der Waals surface area contributed by atoms with E-state index < -0.39 is 5.72 Å². The van der Waals surface area contributed by atoms with E-state index in [-0.39, 0.29) is 5.28 Å². The van der Waals surface area contributed by atoms with E-state index in [9.17, 15) is 5.11 Å². The topological polar surface area (TPSA) is 58.0 Å². The van der Waals surface area contributed by atoms with Crippen LogP contribution < -0.4 is 5.32 Å². The van der Waals surface area contributed by atoms with Gasteiger partial charge < -0.3 is 10.4 Å². The van der Waals surface area contributed by atoms with E-state index >= 15 is 0 Å². The third-order valence-electron chi connectivity index (χ3n) is 2.75. The average molecular weight is 262 g/mol. The van der Waals surface area contributed by atoms with Crippen LogP contribution in [0.1, 0.15) is 32.1 Å². The van der Waals surface area contributed by atoms with E-state index in [2.05, 4.69) is 15.3 Å². The Hall–Kier alpha value is -0.580. The van der Waals surface area contributed by atoms with Crippen molar-refractivity contribution in [3.63, 3.8) is 0 Å². The molecule has 1 aliphatic rings. The summed E-state index contributed by atoms with van der Waals surface area (Å²) in [5.41, 5.74) is -0.917. The van der Waals surface area contributed by atoms with Crippen molar-refractivity contribution >= 4 is 29.0 Å². The Balaban J connectivity index is 2.15. The summed E-state index contributed by atoms with van der Waals surface area (Å²) in [4.78, 5) is 7.72. The molecule has 1 heterocycles. The highest BCUT2D eigenvalue weighted by Crippen LogP contribution is 2.31. The van der Waals surface area contributed by atoms with Gasteiger partial charge >= 0.3 is 0 Å². The highest BCUT2D eigenvalue weighted by molar-refractivity contribution is 6.33. The number of hydrogen-bond donors (Lipinski definition) is 2. The molecule has 0 radical (unpaired) electrons. The van der Waals surface area contributed by atoms with Crippen LogP contribution in [-0.4, -0.2) is 20.8 Å². The molecule has 0 amide bonds. The summed E-state index contributed by atoms with van der Waals surface area (Å²) in [5, 5.41) is 13.7. The van der Waals surface area contributed by atoms with Crippen LogP contribution in [0.15, 0.2) is 6.20 Å². The van der Waals surface area contributed by atoms with Crippen molar-refractivity contribution in [1.82, 2.24) is 9.97 Å². The number of rotatable bonds is 2. The van der Waals surface area contributed by atoms with Crippen molar-refractivity contribution in [2.75, 3.05) is 5.32 Å². The van der Waals surface area contributed by atoms with E-state index in [1.165, 1.54) is 6.20 Å². The number of hydrogen-bond acceptors (Lipinski definition) is 4. The molecule has 2 rings (SSSR count). The second-order valence-electron chi connectivity index (χ2n) is 4.05. The number of halogens is 2. The third-order valence-corrected chi connectivity index (χ3v) is 3.21. The number of nitrogens with zero attached hydrogens (tertiary/aromatic N) is 2. The highest BCUT2D eigenvalue weighted by atomic mass is 35.5. The summed E-state index contributed by atoms with van der Waals surface area (Å²) in [6.07, 6.45) is 5.98. The molecule has 0 bridgehead atoms. The second-order valence-corrected chi connectivity index (χ2v) is 4.80. The summed E-state index contributed by atoms with van der Waals surface area (Å²) < 4.78 is 0. The fraction of sp³-hybridized carbons (Fsp3) is 0.600. The first kappa shape index (κ1) is 11.9. The van der Waals surface area contributed by atoms with Crippen LogP contribution >= 0.6 is 23.2 Å². The van der Waals surface area contributed by atoms with Crippen LogP contribution in [0.5, 0.6) is 0 Å². The fourth-order valence-corrected chi connectivity index (χ4v) is 2.19. The number of aliphatic hydroxyl groups is 1. The zero-order chi connectivity index (χ0) is 11.6.